The second-order valence-electron chi connectivity index (χ2n) is 3.94. The Kier molecular flexibility index (Phi) is 2.79. The molecule has 0 spiro atoms. The van der Waals surface area contributed by atoms with Crippen molar-refractivity contribution < 1.29 is 9.34 Å². The Morgan fingerprint density at radius 1 is 1.16 bits per heavy atom. The fraction of sp³-hybridized carbons (Fsp3) is 0. The molecule has 6 heteroatoms. The van der Waals surface area contributed by atoms with Gasteiger partial charge in [0.25, 0.3) is 5.69 Å². The number of fused-ring (bicyclic) bond motifs is 1. The number of nitro groups is 1. The summed E-state index contributed by atoms with van der Waals surface area (Å²) in [6, 6.07) is 11.9. The highest BCUT2D eigenvalue weighted by Gasteiger charge is 2.12. The van der Waals surface area contributed by atoms with Crippen molar-refractivity contribution in [3.63, 3.8) is 0 Å². The average Bonchev–Trinajstić information content (AvgIpc) is 2.82. The summed E-state index contributed by atoms with van der Waals surface area (Å²) in [6.07, 6.45) is 0. The fourth-order valence-electron chi connectivity index (χ4n) is 1.75. The molecular weight excluding hydrogens is 312 g/mol. The van der Waals surface area contributed by atoms with Crippen LogP contribution in [0.25, 0.3) is 22.6 Å². The van der Waals surface area contributed by atoms with Crippen molar-refractivity contribution in [2.24, 2.45) is 0 Å². The summed E-state index contributed by atoms with van der Waals surface area (Å²) >= 11 is 3.35. The lowest BCUT2D eigenvalue weighted by atomic mass is 10.2. The van der Waals surface area contributed by atoms with Crippen LogP contribution in [0.1, 0.15) is 0 Å². The van der Waals surface area contributed by atoms with Gasteiger partial charge in [-0.15, -0.1) is 0 Å². The first-order chi connectivity index (χ1) is 9.13. The lowest BCUT2D eigenvalue weighted by Gasteiger charge is -1.94. The number of benzene rings is 2. The van der Waals surface area contributed by atoms with Gasteiger partial charge in [-0.25, -0.2) is 4.98 Å². The zero-order valence-corrected chi connectivity index (χ0v) is 11.1. The number of nitro benzene ring substituents is 1. The Morgan fingerprint density at radius 3 is 2.58 bits per heavy atom. The van der Waals surface area contributed by atoms with Crippen molar-refractivity contribution in [2.45, 2.75) is 0 Å². The maximum atomic E-state index is 10.7. The Hall–Kier alpha value is -2.21. The molecule has 94 valence electrons. The topological polar surface area (TPSA) is 69.2 Å². The second kappa shape index (κ2) is 4.47. The van der Waals surface area contributed by atoms with Crippen molar-refractivity contribution in [1.29, 1.82) is 0 Å². The third kappa shape index (κ3) is 2.22. The van der Waals surface area contributed by atoms with Gasteiger partial charge in [-0.3, -0.25) is 10.1 Å². The molecular formula is C13H7BrN2O3. The van der Waals surface area contributed by atoms with Gasteiger partial charge < -0.3 is 4.42 Å². The summed E-state index contributed by atoms with van der Waals surface area (Å²) in [4.78, 5) is 14.5. The summed E-state index contributed by atoms with van der Waals surface area (Å²) in [5.74, 6) is 0.447. The van der Waals surface area contributed by atoms with Crippen molar-refractivity contribution in [3.8, 4) is 11.5 Å². The molecule has 0 radical (unpaired) electrons. The van der Waals surface area contributed by atoms with E-state index in [4.69, 9.17) is 4.42 Å². The zero-order chi connectivity index (χ0) is 13.4. The molecule has 3 rings (SSSR count). The molecule has 0 unspecified atom stereocenters. The van der Waals surface area contributed by atoms with E-state index < -0.39 is 4.92 Å². The molecule has 0 saturated carbocycles. The summed E-state index contributed by atoms with van der Waals surface area (Å²) < 4.78 is 6.54. The first-order valence-electron chi connectivity index (χ1n) is 5.44. The van der Waals surface area contributed by atoms with E-state index in [0.29, 0.717) is 17.0 Å². The van der Waals surface area contributed by atoms with Crippen LogP contribution in [0.3, 0.4) is 0 Å². The van der Waals surface area contributed by atoms with Crippen molar-refractivity contribution in [1.82, 2.24) is 4.98 Å². The lowest BCUT2D eigenvalue weighted by molar-refractivity contribution is -0.384. The first kappa shape index (κ1) is 11.9. The number of rotatable bonds is 2. The SMILES string of the molecule is O=[N+]([O-])c1ccc2oc(-c3ccc(Br)cc3)nc2c1. The maximum Gasteiger partial charge on any atom is 0.271 e. The van der Waals surface area contributed by atoms with E-state index in [0.717, 1.165) is 10.0 Å². The predicted molar refractivity (Wildman–Crippen MR) is 73.8 cm³/mol. The van der Waals surface area contributed by atoms with E-state index in [1.807, 2.05) is 24.3 Å². The molecule has 0 amide bonds. The molecule has 5 nitrogen and oxygen atoms in total. The minimum Gasteiger partial charge on any atom is -0.436 e. The largest absolute Gasteiger partial charge is 0.436 e. The van der Waals surface area contributed by atoms with Crippen molar-refractivity contribution in [3.05, 3.63) is 57.1 Å². The molecule has 2 aromatic carbocycles. The maximum absolute atomic E-state index is 10.7. The normalized spacial score (nSPS) is 10.8. The van der Waals surface area contributed by atoms with Crippen LogP contribution in [0, 0.1) is 10.1 Å². The molecule has 0 N–H and O–H groups in total. The molecule has 0 fully saturated rings. The van der Waals surface area contributed by atoms with Gasteiger partial charge in [-0.2, -0.15) is 0 Å². The van der Waals surface area contributed by atoms with Crippen molar-refractivity contribution >= 4 is 32.7 Å². The van der Waals surface area contributed by atoms with Gasteiger partial charge in [-0.1, -0.05) is 15.9 Å². The van der Waals surface area contributed by atoms with E-state index in [1.54, 1.807) is 6.07 Å². The highest BCUT2D eigenvalue weighted by molar-refractivity contribution is 9.10. The lowest BCUT2D eigenvalue weighted by Crippen LogP contribution is -1.86. The Morgan fingerprint density at radius 2 is 1.89 bits per heavy atom. The predicted octanol–water partition coefficient (Wildman–Crippen LogP) is 4.17. The molecule has 0 saturated heterocycles. The summed E-state index contributed by atoms with van der Waals surface area (Å²) in [5, 5.41) is 10.7. The number of aromatic nitrogens is 1. The summed E-state index contributed by atoms with van der Waals surface area (Å²) in [6.45, 7) is 0. The van der Waals surface area contributed by atoms with Crippen LogP contribution in [0.5, 0.6) is 0 Å². The zero-order valence-electron chi connectivity index (χ0n) is 9.54. The number of non-ortho nitro benzene ring substituents is 1. The van der Waals surface area contributed by atoms with Crippen LogP contribution in [-0.4, -0.2) is 9.91 Å². The molecule has 0 aliphatic heterocycles. The molecule has 1 aromatic heterocycles. The number of hydrogen-bond acceptors (Lipinski definition) is 4. The van der Waals surface area contributed by atoms with Gasteiger partial charge in [0.2, 0.25) is 5.89 Å². The molecule has 0 atom stereocenters. The summed E-state index contributed by atoms with van der Waals surface area (Å²) in [7, 11) is 0. The number of oxazole rings is 1. The Balaban J connectivity index is 2.11. The Labute approximate surface area is 116 Å². The monoisotopic (exact) mass is 318 g/mol. The van der Waals surface area contributed by atoms with Gasteiger partial charge in [0, 0.05) is 22.2 Å². The third-order valence-electron chi connectivity index (χ3n) is 2.67. The van der Waals surface area contributed by atoms with E-state index in [-0.39, 0.29) is 5.69 Å². The molecule has 0 aliphatic carbocycles. The number of nitrogens with zero attached hydrogens (tertiary/aromatic N) is 2. The van der Waals surface area contributed by atoms with Crippen LogP contribution in [0.4, 0.5) is 5.69 Å². The average molecular weight is 319 g/mol. The molecule has 3 aromatic rings. The standard InChI is InChI=1S/C13H7BrN2O3/c14-9-3-1-8(2-4-9)13-15-11-7-10(16(17)18)5-6-12(11)19-13/h1-7H. The third-order valence-corrected chi connectivity index (χ3v) is 3.20. The number of hydrogen-bond donors (Lipinski definition) is 0. The second-order valence-corrected chi connectivity index (χ2v) is 4.85. The van der Waals surface area contributed by atoms with Crippen LogP contribution < -0.4 is 0 Å². The minimum absolute atomic E-state index is 0.00292. The summed E-state index contributed by atoms with van der Waals surface area (Å²) in [5.41, 5.74) is 1.83. The molecule has 0 bridgehead atoms. The molecule has 0 aliphatic rings. The first-order valence-corrected chi connectivity index (χ1v) is 6.24. The van der Waals surface area contributed by atoms with Gasteiger partial charge in [-0.05, 0) is 30.3 Å². The van der Waals surface area contributed by atoms with E-state index >= 15 is 0 Å². The highest BCUT2D eigenvalue weighted by atomic mass is 79.9. The molecule has 1 heterocycles. The van der Waals surface area contributed by atoms with E-state index in [2.05, 4.69) is 20.9 Å². The Bertz CT molecular complexity index is 765. The van der Waals surface area contributed by atoms with Crippen LogP contribution in [-0.2, 0) is 0 Å². The van der Waals surface area contributed by atoms with Gasteiger partial charge >= 0.3 is 0 Å². The van der Waals surface area contributed by atoms with Crippen LogP contribution >= 0.6 is 15.9 Å². The van der Waals surface area contributed by atoms with Gasteiger partial charge in [0.05, 0.1) is 4.92 Å². The molecule has 19 heavy (non-hydrogen) atoms. The highest BCUT2D eigenvalue weighted by Crippen LogP contribution is 2.27. The quantitative estimate of drug-likeness (QED) is 0.525. The van der Waals surface area contributed by atoms with Gasteiger partial charge in [0.1, 0.15) is 5.52 Å². The van der Waals surface area contributed by atoms with E-state index in [1.165, 1.54) is 12.1 Å². The minimum atomic E-state index is -0.451. The number of halogens is 1. The van der Waals surface area contributed by atoms with Crippen molar-refractivity contribution in [2.75, 3.05) is 0 Å². The fourth-order valence-corrected chi connectivity index (χ4v) is 2.01. The van der Waals surface area contributed by atoms with E-state index in [9.17, 15) is 10.1 Å². The van der Waals surface area contributed by atoms with Crippen LogP contribution in [0.15, 0.2) is 51.4 Å². The van der Waals surface area contributed by atoms with Gasteiger partial charge in [0.15, 0.2) is 5.58 Å². The smallest absolute Gasteiger partial charge is 0.271 e. The van der Waals surface area contributed by atoms with Crippen LogP contribution in [0.2, 0.25) is 0 Å².